The standard InChI is InChI=1S/C13H6BrN3O5/c14-9-1-3-12(8(5-9)7-15)22-13-4-2-10(16(18)19)6-11(13)17(20)21/h1-6H. The first-order chi connectivity index (χ1) is 10.4. The Morgan fingerprint density at radius 3 is 2.32 bits per heavy atom. The summed E-state index contributed by atoms with van der Waals surface area (Å²) in [5.41, 5.74) is -0.807. The molecule has 2 rings (SSSR count). The highest BCUT2D eigenvalue weighted by Gasteiger charge is 2.21. The van der Waals surface area contributed by atoms with E-state index in [0.29, 0.717) is 4.47 Å². The zero-order valence-corrected chi connectivity index (χ0v) is 12.3. The fourth-order valence-electron chi connectivity index (χ4n) is 1.65. The van der Waals surface area contributed by atoms with Crippen LogP contribution in [0.5, 0.6) is 11.5 Å². The molecule has 8 nitrogen and oxygen atoms in total. The van der Waals surface area contributed by atoms with Gasteiger partial charge in [-0.1, -0.05) is 15.9 Å². The van der Waals surface area contributed by atoms with Gasteiger partial charge in [0.15, 0.2) is 0 Å². The minimum absolute atomic E-state index is 0.114. The van der Waals surface area contributed by atoms with Crippen LogP contribution >= 0.6 is 15.9 Å². The van der Waals surface area contributed by atoms with Gasteiger partial charge < -0.3 is 4.74 Å². The SMILES string of the molecule is N#Cc1cc(Br)ccc1Oc1ccc([N+](=O)[O-])cc1[N+](=O)[O-]. The number of hydrogen-bond acceptors (Lipinski definition) is 6. The lowest BCUT2D eigenvalue weighted by molar-refractivity contribution is -0.394. The fourth-order valence-corrected chi connectivity index (χ4v) is 2.01. The second-order valence-electron chi connectivity index (χ2n) is 4.02. The van der Waals surface area contributed by atoms with Crippen molar-refractivity contribution in [2.75, 3.05) is 0 Å². The number of hydrogen-bond donors (Lipinski definition) is 0. The number of benzene rings is 2. The van der Waals surface area contributed by atoms with Gasteiger partial charge in [0.25, 0.3) is 5.69 Å². The average Bonchev–Trinajstić information content (AvgIpc) is 2.48. The van der Waals surface area contributed by atoms with Gasteiger partial charge in [-0.05, 0) is 24.3 Å². The number of rotatable bonds is 4. The van der Waals surface area contributed by atoms with E-state index in [1.54, 1.807) is 6.07 Å². The summed E-state index contributed by atoms with van der Waals surface area (Å²) in [4.78, 5) is 20.2. The quantitative estimate of drug-likeness (QED) is 0.599. The smallest absolute Gasteiger partial charge is 0.318 e. The summed E-state index contributed by atoms with van der Waals surface area (Å²) in [5.74, 6) is -0.0722. The van der Waals surface area contributed by atoms with Gasteiger partial charge >= 0.3 is 5.69 Å². The zero-order valence-electron chi connectivity index (χ0n) is 10.7. The molecule has 0 atom stereocenters. The van der Waals surface area contributed by atoms with Gasteiger partial charge in [0.2, 0.25) is 5.75 Å². The molecule has 0 aromatic heterocycles. The molecule has 0 spiro atoms. The van der Waals surface area contributed by atoms with E-state index in [9.17, 15) is 20.2 Å². The Morgan fingerprint density at radius 1 is 1.05 bits per heavy atom. The number of non-ortho nitro benzene ring substituents is 1. The number of nitro benzene ring substituents is 2. The molecule has 2 aromatic rings. The third-order valence-corrected chi connectivity index (χ3v) is 3.13. The lowest BCUT2D eigenvalue weighted by Crippen LogP contribution is -1.97. The maximum Gasteiger partial charge on any atom is 0.318 e. The molecule has 0 aliphatic rings. The predicted octanol–water partition coefficient (Wildman–Crippen LogP) is 3.93. The van der Waals surface area contributed by atoms with Crippen molar-refractivity contribution < 1.29 is 14.6 Å². The van der Waals surface area contributed by atoms with E-state index in [2.05, 4.69) is 15.9 Å². The molecule has 0 radical (unpaired) electrons. The van der Waals surface area contributed by atoms with Crippen molar-refractivity contribution in [2.45, 2.75) is 0 Å². The second kappa shape index (κ2) is 6.19. The van der Waals surface area contributed by atoms with Crippen molar-refractivity contribution >= 4 is 27.3 Å². The van der Waals surface area contributed by atoms with Gasteiger partial charge in [0, 0.05) is 10.5 Å². The van der Waals surface area contributed by atoms with Crippen LogP contribution in [0.15, 0.2) is 40.9 Å². The molecule has 0 heterocycles. The lowest BCUT2D eigenvalue weighted by Gasteiger charge is -2.08. The Bertz CT molecular complexity index is 816. The summed E-state index contributed by atoms with van der Waals surface area (Å²) in [7, 11) is 0. The molecule has 0 saturated carbocycles. The van der Waals surface area contributed by atoms with Crippen molar-refractivity contribution in [1.82, 2.24) is 0 Å². The van der Waals surface area contributed by atoms with Crippen LogP contribution in [0.25, 0.3) is 0 Å². The molecule has 2 aromatic carbocycles. The predicted molar refractivity (Wildman–Crippen MR) is 78.7 cm³/mol. The third kappa shape index (κ3) is 3.18. The third-order valence-electron chi connectivity index (χ3n) is 2.63. The summed E-state index contributed by atoms with van der Waals surface area (Å²) < 4.78 is 6.02. The van der Waals surface area contributed by atoms with Crippen molar-refractivity contribution in [1.29, 1.82) is 5.26 Å². The van der Waals surface area contributed by atoms with E-state index in [1.165, 1.54) is 12.1 Å². The van der Waals surface area contributed by atoms with Gasteiger partial charge in [-0.15, -0.1) is 0 Å². The van der Waals surface area contributed by atoms with Crippen LogP contribution in [0.3, 0.4) is 0 Å². The van der Waals surface area contributed by atoms with Crippen molar-refractivity contribution in [2.24, 2.45) is 0 Å². The molecule has 0 unspecified atom stereocenters. The molecule has 110 valence electrons. The molecule has 0 bridgehead atoms. The van der Waals surface area contributed by atoms with Gasteiger partial charge in [0.1, 0.15) is 11.8 Å². The first-order valence-electron chi connectivity index (χ1n) is 5.72. The van der Waals surface area contributed by atoms with Crippen LogP contribution in [0, 0.1) is 31.6 Å². The van der Waals surface area contributed by atoms with Gasteiger partial charge in [-0.25, -0.2) is 0 Å². The van der Waals surface area contributed by atoms with Crippen LogP contribution in [0.4, 0.5) is 11.4 Å². The van der Waals surface area contributed by atoms with E-state index in [1.807, 2.05) is 6.07 Å². The Hall–Kier alpha value is -2.99. The highest BCUT2D eigenvalue weighted by atomic mass is 79.9. The first kappa shape index (κ1) is 15.4. The van der Waals surface area contributed by atoms with E-state index in [-0.39, 0.29) is 17.1 Å². The Labute approximate surface area is 132 Å². The van der Waals surface area contributed by atoms with Crippen LogP contribution in [0.2, 0.25) is 0 Å². The zero-order chi connectivity index (χ0) is 16.3. The van der Waals surface area contributed by atoms with Gasteiger partial charge in [-0.2, -0.15) is 5.26 Å². The van der Waals surface area contributed by atoms with Crippen molar-refractivity contribution in [3.05, 3.63) is 66.7 Å². The minimum Gasteiger partial charge on any atom is -0.449 e. The molecular formula is C13H6BrN3O5. The number of ether oxygens (including phenoxy) is 1. The molecule has 9 heteroatoms. The van der Waals surface area contributed by atoms with E-state index < -0.39 is 21.2 Å². The van der Waals surface area contributed by atoms with Gasteiger partial charge in [0.05, 0.1) is 21.5 Å². The fraction of sp³-hybridized carbons (Fsp3) is 0. The largest absolute Gasteiger partial charge is 0.449 e. The normalized spacial score (nSPS) is 9.82. The maximum atomic E-state index is 11.0. The summed E-state index contributed by atoms with van der Waals surface area (Å²) in [6.45, 7) is 0. The topological polar surface area (TPSA) is 119 Å². The van der Waals surface area contributed by atoms with E-state index in [4.69, 9.17) is 10.00 Å². The van der Waals surface area contributed by atoms with Gasteiger partial charge in [-0.3, -0.25) is 20.2 Å². The monoisotopic (exact) mass is 363 g/mol. The molecular weight excluding hydrogens is 358 g/mol. The van der Waals surface area contributed by atoms with Crippen LogP contribution in [-0.4, -0.2) is 9.85 Å². The maximum absolute atomic E-state index is 11.0. The number of halogens is 1. The molecule has 22 heavy (non-hydrogen) atoms. The van der Waals surface area contributed by atoms with Crippen LogP contribution in [0.1, 0.15) is 5.56 Å². The summed E-state index contributed by atoms with van der Waals surface area (Å²) in [6.07, 6.45) is 0. The van der Waals surface area contributed by atoms with Crippen molar-refractivity contribution in [3.63, 3.8) is 0 Å². The summed E-state index contributed by atoms with van der Waals surface area (Å²) in [6, 6.07) is 9.49. The number of nitriles is 1. The first-order valence-corrected chi connectivity index (χ1v) is 6.52. The molecule has 0 fully saturated rings. The van der Waals surface area contributed by atoms with Crippen LogP contribution in [-0.2, 0) is 0 Å². The molecule has 0 aliphatic heterocycles. The minimum atomic E-state index is -0.784. The molecule has 0 N–H and O–H groups in total. The highest BCUT2D eigenvalue weighted by Crippen LogP contribution is 2.36. The Morgan fingerprint density at radius 2 is 1.73 bits per heavy atom. The number of nitro groups is 2. The Kier molecular flexibility index (Phi) is 4.33. The molecule has 0 saturated heterocycles. The van der Waals surface area contributed by atoms with E-state index >= 15 is 0 Å². The lowest BCUT2D eigenvalue weighted by atomic mass is 10.2. The molecule has 0 aliphatic carbocycles. The average molecular weight is 364 g/mol. The number of nitrogens with zero attached hydrogens (tertiary/aromatic N) is 3. The van der Waals surface area contributed by atoms with Crippen molar-refractivity contribution in [3.8, 4) is 17.6 Å². The van der Waals surface area contributed by atoms with E-state index in [0.717, 1.165) is 18.2 Å². The second-order valence-corrected chi connectivity index (χ2v) is 4.94. The Balaban J connectivity index is 2.48. The summed E-state index contributed by atoms with van der Waals surface area (Å²) >= 11 is 3.20. The van der Waals surface area contributed by atoms with Crippen LogP contribution < -0.4 is 4.74 Å². The summed E-state index contributed by atoms with van der Waals surface area (Å²) in [5, 5.41) is 30.7. The highest BCUT2D eigenvalue weighted by molar-refractivity contribution is 9.10. The molecule has 0 amide bonds.